The molecule has 3 unspecified atom stereocenters. The predicted octanol–water partition coefficient (Wildman–Crippen LogP) is 4.09. The van der Waals surface area contributed by atoms with Crippen molar-refractivity contribution in [1.29, 1.82) is 0 Å². The first kappa shape index (κ1) is 13.5. The summed E-state index contributed by atoms with van der Waals surface area (Å²) < 4.78 is 6.56. The second kappa shape index (κ2) is 5.54. The van der Waals surface area contributed by atoms with Gasteiger partial charge in [0.2, 0.25) is 11.7 Å². The molecule has 2 fully saturated rings. The smallest absolute Gasteiger partial charge is 0.244 e. The van der Waals surface area contributed by atoms with E-state index in [9.17, 15) is 0 Å². The molecule has 2 aliphatic rings. The average molecular weight is 348 g/mol. The Hall–Kier alpha value is -1.20. The molecular formula is C16H18BrN3O. The number of rotatable bonds is 2. The van der Waals surface area contributed by atoms with Gasteiger partial charge in [-0.1, -0.05) is 33.9 Å². The second-order valence-corrected chi connectivity index (χ2v) is 6.98. The summed E-state index contributed by atoms with van der Waals surface area (Å²) >= 11 is 3.44. The fourth-order valence-electron chi connectivity index (χ4n) is 3.60. The highest BCUT2D eigenvalue weighted by Crippen LogP contribution is 2.38. The van der Waals surface area contributed by atoms with Gasteiger partial charge in [0.05, 0.1) is 6.04 Å². The second-order valence-electron chi connectivity index (χ2n) is 6.07. The lowest BCUT2D eigenvalue weighted by atomic mass is 9.85. The number of nitrogens with one attached hydrogen (secondary N) is 1. The van der Waals surface area contributed by atoms with Crippen LogP contribution in [0.15, 0.2) is 33.3 Å². The number of nitrogens with zero attached hydrogens (tertiary/aromatic N) is 2. The lowest BCUT2D eigenvalue weighted by Crippen LogP contribution is -2.30. The van der Waals surface area contributed by atoms with Crippen LogP contribution in [0, 0.1) is 5.92 Å². The lowest BCUT2D eigenvalue weighted by molar-refractivity contribution is 0.324. The van der Waals surface area contributed by atoms with E-state index in [-0.39, 0.29) is 6.04 Å². The van der Waals surface area contributed by atoms with Crippen molar-refractivity contribution in [3.05, 3.63) is 34.6 Å². The van der Waals surface area contributed by atoms with Gasteiger partial charge in [-0.2, -0.15) is 4.98 Å². The van der Waals surface area contributed by atoms with Crippen molar-refractivity contribution in [2.75, 3.05) is 0 Å². The molecule has 0 radical (unpaired) electrons. The number of hydrogen-bond donors (Lipinski definition) is 1. The molecular weight excluding hydrogens is 330 g/mol. The van der Waals surface area contributed by atoms with E-state index in [2.05, 4.69) is 31.4 Å². The SMILES string of the molecule is Brc1ccc(-c2noc(C3CC4CCCCC4N3)n2)cc1. The van der Waals surface area contributed by atoms with Gasteiger partial charge in [-0.25, -0.2) is 0 Å². The molecule has 2 heterocycles. The summed E-state index contributed by atoms with van der Waals surface area (Å²) in [4.78, 5) is 4.59. The van der Waals surface area contributed by atoms with Crippen LogP contribution in [0.5, 0.6) is 0 Å². The molecule has 0 amide bonds. The van der Waals surface area contributed by atoms with Crippen LogP contribution >= 0.6 is 15.9 Å². The maximum absolute atomic E-state index is 5.50. The van der Waals surface area contributed by atoms with Gasteiger partial charge >= 0.3 is 0 Å². The van der Waals surface area contributed by atoms with E-state index >= 15 is 0 Å². The molecule has 0 bridgehead atoms. The molecule has 21 heavy (non-hydrogen) atoms. The minimum absolute atomic E-state index is 0.231. The zero-order valence-corrected chi connectivity index (χ0v) is 13.3. The maximum Gasteiger partial charge on any atom is 0.244 e. The molecule has 1 aromatic heterocycles. The molecule has 3 atom stereocenters. The maximum atomic E-state index is 5.50. The summed E-state index contributed by atoms with van der Waals surface area (Å²) in [6.45, 7) is 0. The van der Waals surface area contributed by atoms with E-state index in [0.29, 0.717) is 11.9 Å². The Bertz CT molecular complexity index is 611. The number of hydrogen-bond acceptors (Lipinski definition) is 4. The Labute approximate surface area is 132 Å². The Kier molecular flexibility index (Phi) is 3.55. The average Bonchev–Trinajstić information content (AvgIpc) is 3.14. The number of fused-ring (bicyclic) bond motifs is 1. The first-order valence-corrected chi connectivity index (χ1v) is 8.44. The van der Waals surface area contributed by atoms with Crippen LogP contribution in [0.2, 0.25) is 0 Å². The fraction of sp³-hybridized carbons (Fsp3) is 0.500. The third-order valence-corrected chi connectivity index (χ3v) is 5.23. The van der Waals surface area contributed by atoms with E-state index < -0.39 is 0 Å². The molecule has 1 aliphatic carbocycles. The highest BCUT2D eigenvalue weighted by atomic mass is 79.9. The Morgan fingerprint density at radius 3 is 2.76 bits per heavy atom. The third kappa shape index (κ3) is 2.64. The molecule has 1 aromatic carbocycles. The monoisotopic (exact) mass is 347 g/mol. The van der Waals surface area contributed by atoms with Gasteiger partial charge in [-0.15, -0.1) is 0 Å². The zero-order valence-electron chi connectivity index (χ0n) is 11.8. The van der Waals surface area contributed by atoms with Gasteiger partial charge in [0.25, 0.3) is 0 Å². The minimum Gasteiger partial charge on any atom is -0.337 e. The molecule has 1 N–H and O–H groups in total. The van der Waals surface area contributed by atoms with Crippen molar-refractivity contribution in [2.24, 2.45) is 5.92 Å². The molecule has 1 saturated carbocycles. The summed E-state index contributed by atoms with van der Waals surface area (Å²) in [5.41, 5.74) is 0.989. The minimum atomic E-state index is 0.231. The third-order valence-electron chi connectivity index (χ3n) is 4.71. The Morgan fingerprint density at radius 2 is 1.95 bits per heavy atom. The van der Waals surface area contributed by atoms with Crippen molar-refractivity contribution < 1.29 is 4.52 Å². The Balaban J connectivity index is 1.53. The van der Waals surface area contributed by atoms with E-state index in [4.69, 9.17) is 4.52 Å². The van der Waals surface area contributed by atoms with Gasteiger partial charge in [0.15, 0.2) is 0 Å². The topological polar surface area (TPSA) is 51.0 Å². The van der Waals surface area contributed by atoms with Gasteiger partial charge in [0.1, 0.15) is 0 Å². The van der Waals surface area contributed by atoms with E-state index in [0.717, 1.165) is 28.3 Å². The van der Waals surface area contributed by atoms with Crippen molar-refractivity contribution in [3.8, 4) is 11.4 Å². The van der Waals surface area contributed by atoms with Crippen LogP contribution in [0.3, 0.4) is 0 Å². The van der Waals surface area contributed by atoms with Crippen LogP contribution in [0.1, 0.15) is 44.0 Å². The number of benzene rings is 1. The molecule has 4 nitrogen and oxygen atoms in total. The first-order chi connectivity index (χ1) is 10.3. The number of aromatic nitrogens is 2. The van der Waals surface area contributed by atoms with Crippen molar-refractivity contribution in [3.63, 3.8) is 0 Å². The highest BCUT2D eigenvalue weighted by Gasteiger charge is 2.38. The van der Waals surface area contributed by atoms with E-state index in [1.165, 1.54) is 25.7 Å². The van der Waals surface area contributed by atoms with E-state index in [1.54, 1.807) is 0 Å². The zero-order chi connectivity index (χ0) is 14.2. The molecule has 2 aromatic rings. The quantitative estimate of drug-likeness (QED) is 0.888. The van der Waals surface area contributed by atoms with E-state index in [1.807, 2.05) is 24.3 Å². The summed E-state index contributed by atoms with van der Waals surface area (Å²) in [7, 11) is 0. The largest absolute Gasteiger partial charge is 0.337 e. The first-order valence-electron chi connectivity index (χ1n) is 7.65. The normalized spacial score (nSPS) is 28.5. The van der Waals surface area contributed by atoms with Gasteiger partial charge in [-0.3, -0.25) is 0 Å². The van der Waals surface area contributed by atoms with Crippen LogP contribution in [-0.4, -0.2) is 16.2 Å². The number of halogens is 1. The molecule has 1 saturated heterocycles. The summed E-state index contributed by atoms with van der Waals surface area (Å²) in [5.74, 6) is 2.20. The predicted molar refractivity (Wildman–Crippen MR) is 83.7 cm³/mol. The van der Waals surface area contributed by atoms with Crippen LogP contribution in [-0.2, 0) is 0 Å². The van der Waals surface area contributed by atoms with Gasteiger partial charge in [-0.05, 0) is 49.4 Å². The fourth-order valence-corrected chi connectivity index (χ4v) is 3.87. The standard InChI is InChI=1S/C16H18BrN3O/c17-12-7-5-10(6-8-12)15-19-16(21-20-15)14-9-11-3-1-2-4-13(11)18-14/h5-8,11,13-14,18H,1-4,9H2. The molecule has 110 valence electrons. The molecule has 5 heteroatoms. The Morgan fingerprint density at radius 1 is 1.14 bits per heavy atom. The van der Waals surface area contributed by atoms with Gasteiger partial charge < -0.3 is 9.84 Å². The van der Waals surface area contributed by atoms with Gasteiger partial charge in [0, 0.05) is 16.1 Å². The highest BCUT2D eigenvalue weighted by molar-refractivity contribution is 9.10. The van der Waals surface area contributed by atoms with Crippen LogP contribution in [0.25, 0.3) is 11.4 Å². The molecule has 0 spiro atoms. The van der Waals surface area contributed by atoms with Crippen LogP contribution in [0.4, 0.5) is 0 Å². The molecule has 1 aliphatic heterocycles. The van der Waals surface area contributed by atoms with Crippen molar-refractivity contribution in [1.82, 2.24) is 15.5 Å². The van der Waals surface area contributed by atoms with Crippen molar-refractivity contribution in [2.45, 2.75) is 44.2 Å². The summed E-state index contributed by atoms with van der Waals surface area (Å²) in [6.07, 6.45) is 6.46. The lowest BCUT2D eigenvalue weighted by Gasteiger charge is -2.24. The van der Waals surface area contributed by atoms with Crippen molar-refractivity contribution >= 4 is 15.9 Å². The van der Waals surface area contributed by atoms with Crippen LogP contribution < -0.4 is 5.32 Å². The summed E-state index contributed by atoms with van der Waals surface area (Å²) in [6, 6.07) is 8.87. The summed E-state index contributed by atoms with van der Waals surface area (Å²) in [5, 5.41) is 7.82. The molecule has 4 rings (SSSR count).